The fourth-order valence-corrected chi connectivity index (χ4v) is 8.63. The second kappa shape index (κ2) is 20.2. The van der Waals surface area contributed by atoms with Crippen LogP contribution < -0.4 is 10.0 Å². The van der Waals surface area contributed by atoms with E-state index in [2.05, 4.69) is 179 Å². The quantitative estimate of drug-likeness (QED) is 0.0413. The van der Waals surface area contributed by atoms with Crippen LogP contribution in [0, 0.1) is 0 Å². The molecular formula is C54H60N6. The van der Waals surface area contributed by atoms with Crippen LogP contribution in [0.1, 0.15) is 89.2 Å². The molecule has 8 rings (SSSR count). The van der Waals surface area contributed by atoms with E-state index in [0.717, 1.165) is 61.5 Å². The Bertz CT molecular complexity index is 2470. The molecule has 6 nitrogen and oxygen atoms in total. The van der Waals surface area contributed by atoms with E-state index in [1.807, 2.05) is 12.4 Å². The molecule has 0 N–H and O–H groups in total. The van der Waals surface area contributed by atoms with Gasteiger partial charge in [0.25, 0.3) is 0 Å². The molecule has 0 radical (unpaired) electrons. The first kappa shape index (κ1) is 40.6. The van der Waals surface area contributed by atoms with Gasteiger partial charge in [-0.05, 0) is 97.5 Å². The molecule has 2 heterocycles. The van der Waals surface area contributed by atoms with E-state index in [-0.39, 0.29) is 0 Å². The summed E-state index contributed by atoms with van der Waals surface area (Å²) < 4.78 is 4.96. The van der Waals surface area contributed by atoms with Gasteiger partial charge in [-0.1, -0.05) is 137 Å². The van der Waals surface area contributed by atoms with Gasteiger partial charge in [-0.15, -0.1) is 0 Å². The maximum absolute atomic E-state index is 5.06. The maximum Gasteiger partial charge on any atom is 0.0593 e. The van der Waals surface area contributed by atoms with Crippen LogP contribution in [0.15, 0.2) is 156 Å². The molecule has 0 aliphatic heterocycles. The molecule has 0 saturated heterocycles. The Labute approximate surface area is 356 Å². The Morgan fingerprint density at radius 2 is 0.783 bits per heavy atom. The molecule has 0 spiro atoms. The van der Waals surface area contributed by atoms with Gasteiger partial charge in [-0.3, -0.25) is 10.0 Å². The minimum absolute atomic E-state index is 0.890. The standard InChI is InChI=1S/C54H60N6/c1-3-5-35-57-51-29-19-17-27-47(51)49-39-43(31-33-53(49)57)41-55-59(45-23-13-11-14-24-45)37-21-9-7-8-10-22-38-60(46-25-15-12-16-26-46)56-42-44-32-34-54-50(40-44)48-28-18-20-30-52(48)58(54)36-6-4-2/h11-20,23-34,39-42H,3-10,21-22,35-38H2,1-2H3. The molecule has 6 heteroatoms. The zero-order valence-corrected chi connectivity index (χ0v) is 35.6. The monoisotopic (exact) mass is 792 g/mol. The third-order valence-corrected chi connectivity index (χ3v) is 11.9. The lowest BCUT2D eigenvalue weighted by Gasteiger charge is -2.20. The summed E-state index contributed by atoms with van der Waals surface area (Å²) in [5, 5.41) is 19.7. The molecule has 0 atom stereocenters. The molecule has 6 aromatic carbocycles. The highest BCUT2D eigenvalue weighted by Gasteiger charge is 2.13. The molecule has 0 fully saturated rings. The largest absolute Gasteiger partial charge is 0.340 e. The highest BCUT2D eigenvalue weighted by molar-refractivity contribution is 6.10. The predicted molar refractivity (Wildman–Crippen MR) is 259 cm³/mol. The molecule has 306 valence electrons. The molecule has 0 bridgehead atoms. The Morgan fingerprint density at radius 3 is 1.22 bits per heavy atom. The van der Waals surface area contributed by atoms with E-state index in [0.29, 0.717) is 0 Å². The third-order valence-electron chi connectivity index (χ3n) is 11.9. The number of benzene rings is 6. The zero-order chi connectivity index (χ0) is 40.9. The SMILES string of the molecule is CCCCn1c2ccccc2c2cc(C=NN(CCCCCCCCN(N=Cc3ccc4c(c3)c3ccccc3n4CCCC)c3ccccc3)c3ccccc3)ccc21. The van der Waals surface area contributed by atoms with Crippen LogP contribution in [-0.2, 0) is 13.1 Å². The van der Waals surface area contributed by atoms with Gasteiger partial charge in [0.05, 0.1) is 23.8 Å². The average Bonchev–Trinajstić information content (AvgIpc) is 3.79. The molecular weight excluding hydrogens is 733 g/mol. The second-order valence-corrected chi connectivity index (χ2v) is 16.1. The van der Waals surface area contributed by atoms with Gasteiger partial charge >= 0.3 is 0 Å². The molecule has 0 saturated carbocycles. The minimum Gasteiger partial charge on any atom is -0.340 e. The zero-order valence-electron chi connectivity index (χ0n) is 35.6. The average molecular weight is 793 g/mol. The predicted octanol–water partition coefficient (Wildman–Crippen LogP) is 14.2. The van der Waals surface area contributed by atoms with Crippen molar-refractivity contribution in [1.29, 1.82) is 0 Å². The van der Waals surface area contributed by atoms with Crippen LogP contribution in [-0.4, -0.2) is 34.7 Å². The molecule has 0 amide bonds. The second-order valence-electron chi connectivity index (χ2n) is 16.1. The number of rotatable bonds is 21. The maximum atomic E-state index is 5.06. The van der Waals surface area contributed by atoms with E-state index in [1.54, 1.807) is 0 Å². The summed E-state index contributed by atoms with van der Waals surface area (Å²) in [6, 6.07) is 52.4. The smallest absolute Gasteiger partial charge is 0.0593 e. The van der Waals surface area contributed by atoms with Crippen molar-refractivity contribution in [3.63, 3.8) is 0 Å². The van der Waals surface area contributed by atoms with Crippen molar-refractivity contribution < 1.29 is 0 Å². The fraction of sp³-hybridized carbons (Fsp3) is 0.296. The normalized spacial score (nSPS) is 12.0. The van der Waals surface area contributed by atoms with Gasteiger partial charge in [0.15, 0.2) is 0 Å². The molecule has 60 heavy (non-hydrogen) atoms. The van der Waals surface area contributed by atoms with Crippen molar-refractivity contribution in [1.82, 2.24) is 9.13 Å². The molecule has 0 aliphatic carbocycles. The molecule has 2 aromatic heterocycles. The number of anilines is 2. The van der Waals surface area contributed by atoms with Gasteiger partial charge in [-0.2, -0.15) is 10.2 Å². The van der Waals surface area contributed by atoms with Crippen molar-refractivity contribution in [3.8, 4) is 0 Å². The Balaban J connectivity index is 0.861. The number of hydrazone groups is 2. The van der Waals surface area contributed by atoms with Crippen molar-refractivity contribution >= 4 is 67.4 Å². The lowest BCUT2D eigenvalue weighted by Crippen LogP contribution is -2.18. The van der Waals surface area contributed by atoms with Crippen LogP contribution in [0.25, 0.3) is 43.6 Å². The number of aryl methyl sites for hydroxylation is 2. The van der Waals surface area contributed by atoms with Crippen LogP contribution in [0.3, 0.4) is 0 Å². The van der Waals surface area contributed by atoms with E-state index in [4.69, 9.17) is 10.2 Å². The number of aromatic nitrogens is 2. The van der Waals surface area contributed by atoms with Crippen molar-refractivity contribution in [2.75, 3.05) is 23.1 Å². The first-order chi connectivity index (χ1) is 29.7. The summed E-state index contributed by atoms with van der Waals surface area (Å²) in [5.41, 5.74) is 9.75. The molecule has 8 aromatic rings. The van der Waals surface area contributed by atoms with Gasteiger partial charge in [0.2, 0.25) is 0 Å². The van der Waals surface area contributed by atoms with Crippen LogP contribution in [0.5, 0.6) is 0 Å². The van der Waals surface area contributed by atoms with Crippen molar-refractivity contribution in [2.24, 2.45) is 10.2 Å². The molecule has 0 aliphatic rings. The van der Waals surface area contributed by atoms with Gasteiger partial charge in [0, 0.05) is 69.8 Å². The highest BCUT2D eigenvalue weighted by atomic mass is 15.5. The van der Waals surface area contributed by atoms with Gasteiger partial charge in [0.1, 0.15) is 0 Å². The highest BCUT2D eigenvalue weighted by Crippen LogP contribution is 2.32. The lowest BCUT2D eigenvalue weighted by molar-refractivity contribution is 0.586. The van der Waals surface area contributed by atoms with Crippen LogP contribution in [0.4, 0.5) is 11.4 Å². The Hall–Kier alpha value is -6.14. The van der Waals surface area contributed by atoms with E-state index >= 15 is 0 Å². The topological polar surface area (TPSA) is 41.1 Å². The van der Waals surface area contributed by atoms with Crippen molar-refractivity contribution in [3.05, 3.63) is 157 Å². The number of para-hydroxylation sites is 4. The van der Waals surface area contributed by atoms with E-state index in [1.165, 1.54) is 95.0 Å². The van der Waals surface area contributed by atoms with E-state index < -0.39 is 0 Å². The first-order valence-corrected chi connectivity index (χ1v) is 22.5. The number of unbranched alkanes of at least 4 members (excludes halogenated alkanes) is 7. The Morgan fingerprint density at radius 1 is 0.400 bits per heavy atom. The summed E-state index contributed by atoms with van der Waals surface area (Å²) in [7, 11) is 0. The summed E-state index contributed by atoms with van der Waals surface area (Å²) in [5.74, 6) is 0. The van der Waals surface area contributed by atoms with Crippen LogP contribution >= 0.6 is 0 Å². The number of hydrogen-bond donors (Lipinski definition) is 0. The number of nitrogens with zero attached hydrogens (tertiary/aromatic N) is 6. The summed E-state index contributed by atoms with van der Waals surface area (Å²) in [6.45, 7) is 8.39. The molecule has 0 unspecified atom stereocenters. The van der Waals surface area contributed by atoms with Crippen molar-refractivity contribution in [2.45, 2.75) is 91.1 Å². The Kier molecular flexibility index (Phi) is 13.7. The lowest BCUT2D eigenvalue weighted by atomic mass is 10.1. The third kappa shape index (κ3) is 9.50. The minimum atomic E-state index is 0.890. The fourth-order valence-electron chi connectivity index (χ4n) is 8.63. The van der Waals surface area contributed by atoms with Gasteiger partial charge < -0.3 is 9.13 Å². The summed E-state index contributed by atoms with van der Waals surface area (Å²) >= 11 is 0. The first-order valence-electron chi connectivity index (χ1n) is 22.5. The number of hydrogen-bond acceptors (Lipinski definition) is 4. The summed E-state index contributed by atoms with van der Waals surface area (Å²) in [4.78, 5) is 0. The van der Waals surface area contributed by atoms with Crippen LogP contribution in [0.2, 0.25) is 0 Å². The number of fused-ring (bicyclic) bond motifs is 6. The summed E-state index contributed by atoms with van der Waals surface area (Å²) in [6.07, 6.45) is 15.8. The van der Waals surface area contributed by atoms with Gasteiger partial charge in [-0.25, -0.2) is 0 Å². The van der Waals surface area contributed by atoms with E-state index in [9.17, 15) is 0 Å².